The molecular weight excluding hydrogens is 546 g/mol. The van der Waals surface area contributed by atoms with Crippen LogP contribution in [0.4, 0.5) is 10.5 Å². The molecule has 3 amide bonds. The quantitative estimate of drug-likeness (QED) is 0.146. The van der Waals surface area contributed by atoms with Crippen LogP contribution in [0.25, 0.3) is 0 Å². The molecule has 0 aromatic heterocycles. The van der Waals surface area contributed by atoms with E-state index in [1.807, 2.05) is 56.3 Å². The van der Waals surface area contributed by atoms with E-state index in [-0.39, 0.29) is 17.6 Å². The van der Waals surface area contributed by atoms with Crippen LogP contribution < -0.4 is 10.6 Å². The Bertz CT molecular complexity index is 1140. The van der Waals surface area contributed by atoms with Gasteiger partial charge in [0.2, 0.25) is 5.91 Å². The molecule has 2 rings (SSSR count). The van der Waals surface area contributed by atoms with Gasteiger partial charge in [0, 0.05) is 18.0 Å². The van der Waals surface area contributed by atoms with Gasteiger partial charge in [-0.05, 0) is 69.7 Å². The Labute approximate surface area is 258 Å². The SMILES string of the molecule is CCCCCCCCN(C(=O)C(CS)NC(=O)OC(C)(C)C)C(C(=O)Nc1c(C)cccc1C)c1ccc(CC)cc1. The maximum atomic E-state index is 14.2. The third kappa shape index (κ3) is 11.0. The number of nitrogens with one attached hydrogen (secondary N) is 2. The number of ether oxygens (including phenoxy) is 1. The maximum Gasteiger partial charge on any atom is 0.408 e. The Balaban J connectivity index is 2.50. The highest BCUT2D eigenvalue weighted by molar-refractivity contribution is 7.80. The van der Waals surface area contributed by atoms with Crippen LogP contribution in [0.15, 0.2) is 42.5 Å². The number of rotatable bonds is 15. The van der Waals surface area contributed by atoms with E-state index < -0.39 is 23.8 Å². The first kappa shape index (κ1) is 35.2. The molecule has 0 bridgehead atoms. The van der Waals surface area contributed by atoms with Gasteiger partial charge >= 0.3 is 6.09 Å². The van der Waals surface area contributed by atoms with Gasteiger partial charge < -0.3 is 20.3 Å². The van der Waals surface area contributed by atoms with Crippen molar-refractivity contribution in [2.24, 2.45) is 0 Å². The van der Waals surface area contributed by atoms with Gasteiger partial charge in [0.05, 0.1) is 0 Å². The number of unbranched alkanes of at least 4 members (excludes halogenated alkanes) is 5. The molecule has 232 valence electrons. The van der Waals surface area contributed by atoms with Crippen LogP contribution in [0.2, 0.25) is 0 Å². The molecule has 0 fully saturated rings. The van der Waals surface area contributed by atoms with Gasteiger partial charge in [-0.2, -0.15) is 12.6 Å². The third-order valence-electron chi connectivity index (χ3n) is 7.20. The maximum absolute atomic E-state index is 14.2. The summed E-state index contributed by atoms with van der Waals surface area (Å²) in [5.41, 5.74) is 3.75. The first-order valence-corrected chi connectivity index (χ1v) is 15.9. The molecule has 2 N–H and O–H groups in total. The number of amides is 3. The predicted octanol–water partition coefficient (Wildman–Crippen LogP) is 7.56. The number of hydrogen-bond donors (Lipinski definition) is 3. The summed E-state index contributed by atoms with van der Waals surface area (Å²) in [6.45, 7) is 13.8. The molecule has 0 saturated heterocycles. The molecule has 7 nitrogen and oxygen atoms in total. The Kier molecular flexibility index (Phi) is 14.4. The van der Waals surface area contributed by atoms with Crippen LogP contribution in [0.1, 0.15) is 101 Å². The van der Waals surface area contributed by atoms with Crippen molar-refractivity contribution in [2.45, 2.75) is 111 Å². The number of benzene rings is 2. The topological polar surface area (TPSA) is 87.7 Å². The normalized spacial score (nSPS) is 12.8. The van der Waals surface area contributed by atoms with Gasteiger partial charge in [-0.1, -0.05) is 88.4 Å². The second kappa shape index (κ2) is 17.2. The van der Waals surface area contributed by atoms with E-state index >= 15 is 0 Å². The van der Waals surface area contributed by atoms with E-state index in [0.717, 1.165) is 60.9 Å². The third-order valence-corrected chi connectivity index (χ3v) is 7.57. The Morgan fingerprint density at radius 2 is 1.50 bits per heavy atom. The van der Waals surface area contributed by atoms with E-state index in [1.165, 1.54) is 6.42 Å². The van der Waals surface area contributed by atoms with Crippen molar-refractivity contribution < 1.29 is 19.1 Å². The monoisotopic (exact) mass is 597 g/mol. The van der Waals surface area contributed by atoms with Crippen molar-refractivity contribution in [3.8, 4) is 0 Å². The summed E-state index contributed by atoms with van der Waals surface area (Å²) in [6.07, 6.45) is 6.37. The van der Waals surface area contributed by atoms with Crippen molar-refractivity contribution in [3.05, 3.63) is 64.7 Å². The summed E-state index contributed by atoms with van der Waals surface area (Å²) in [6, 6.07) is 11.8. The molecule has 0 saturated carbocycles. The number of nitrogens with zero attached hydrogens (tertiary/aromatic N) is 1. The molecule has 0 aliphatic carbocycles. The summed E-state index contributed by atoms with van der Waals surface area (Å²) >= 11 is 4.41. The second-order valence-corrected chi connectivity index (χ2v) is 12.3. The van der Waals surface area contributed by atoms with Crippen molar-refractivity contribution in [3.63, 3.8) is 0 Å². The van der Waals surface area contributed by atoms with Gasteiger partial charge in [-0.3, -0.25) is 9.59 Å². The number of hydrogen-bond acceptors (Lipinski definition) is 5. The van der Waals surface area contributed by atoms with Gasteiger partial charge in [-0.25, -0.2) is 4.79 Å². The molecule has 2 unspecified atom stereocenters. The zero-order chi connectivity index (χ0) is 31.3. The minimum atomic E-state index is -0.964. The molecule has 0 spiro atoms. The van der Waals surface area contributed by atoms with Crippen molar-refractivity contribution >= 4 is 36.2 Å². The van der Waals surface area contributed by atoms with Crippen molar-refractivity contribution in [1.29, 1.82) is 0 Å². The summed E-state index contributed by atoms with van der Waals surface area (Å²) in [7, 11) is 0. The largest absolute Gasteiger partial charge is 0.444 e. The fourth-order valence-electron chi connectivity index (χ4n) is 4.88. The van der Waals surface area contributed by atoms with E-state index in [1.54, 1.807) is 25.7 Å². The number of carbonyl (C=O) groups excluding carboxylic acids is 3. The van der Waals surface area contributed by atoms with Crippen molar-refractivity contribution in [1.82, 2.24) is 10.2 Å². The van der Waals surface area contributed by atoms with Gasteiger partial charge in [0.25, 0.3) is 5.91 Å². The average Bonchev–Trinajstić information content (AvgIpc) is 2.93. The lowest BCUT2D eigenvalue weighted by atomic mass is 9.99. The standard InChI is InChI=1S/C34H51N3O4S/c1-8-10-11-12-13-14-22-37(32(39)28(23-42)35-33(40)41-34(5,6)7)30(27-20-18-26(9-2)19-21-27)31(38)36-29-24(3)16-15-17-25(29)4/h15-21,28,30,42H,8-14,22-23H2,1-7H3,(H,35,40)(H,36,38). The molecule has 0 radical (unpaired) electrons. The first-order chi connectivity index (χ1) is 19.9. The van der Waals surface area contributed by atoms with Crippen LogP contribution in [0, 0.1) is 13.8 Å². The minimum Gasteiger partial charge on any atom is -0.444 e. The van der Waals surface area contributed by atoms with Gasteiger partial charge in [0.1, 0.15) is 17.7 Å². The van der Waals surface area contributed by atoms with Crippen LogP contribution in [-0.2, 0) is 20.7 Å². The molecule has 0 aliphatic heterocycles. The summed E-state index contributed by atoms with van der Waals surface area (Å²) in [5, 5.41) is 5.82. The summed E-state index contributed by atoms with van der Waals surface area (Å²) in [4.78, 5) is 42.6. The number of anilines is 1. The Morgan fingerprint density at radius 3 is 2.05 bits per heavy atom. The lowest BCUT2D eigenvalue weighted by molar-refractivity contribution is -0.140. The number of alkyl carbamates (subject to hydrolysis) is 1. The zero-order valence-electron chi connectivity index (χ0n) is 26.6. The molecule has 2 aromatic rings. The molecule has 0 heterocycles. The number of thiol groups is 1. The number of para-hydroxylation sites is 1. The lowest BCUT2D eigenvalue weighted by Gasteiger charge is -2.34. The average molecular weight is 598 g/mol. The summed E-state index contributed by atoms with van der Waals surface area (Å²) in [5.74, 6) is -0.609. The highest BCUT2D eigenvalue weighted by atomic mass is 32.1. The fourth-order valence-corrected chi connectivity index (χ4v) is 5.12. The smallest absolute Gasteiger partial charge is 0.408 e. The first-order valence-electron chi connectivity index (χ1n) is 15.3. The van der Waals surface area contributed by atoms with Gasteiger partial charge in [-0.15, -0.1) is 0 Å². The van der Waals surface area contributed by atoms with E-state index in [4.69, 9.17) is 4.74 Å². The fraction of sp³-hybridized carbons (Fsp3) is 0.559. The van der Waals surface area contributed by atoms with Gasteiger partial charge in [0.15, 0.2) is 0 Å². The van der Waals surface area contributed by atoms with E-state index in [2.05, 4.69) is 37.1 Å². The molecular formula is C34H51N3O4S. The van der Waals surface area contributed by atoms with Crippen LogP contribution in [-0.4, -0.2) is 46.7 Å². The Morgan fingerprint density at radius 1 is 0.905 bits per heavy atom. The predicted molar refractivity (Wildman–Crippen MR) is 175 cm³/mol. The lowest BCUT2D eigenvalue weighted by Crippen LogP contribution is -2.53. The van der Waals surface area contributed by atoms with E-state index in [0.29, 0.717) is 12.1 Å². The molecule has 2 aromatic carbocycles. The van der Waals surface area contributed by atoms with Crippen LogP contribution in [0.5, 0.6) is 0 Å². The second-order valence-electron chi connectivity index (χ2n) is 11.9. The van der Waals surface area contributed by atoms with Crippen molar-refractivity contribution in [2.75, 3.05) is 17.6 Å². The number of aryl methyl sites for hydroxylation is 3. The minimum absolute atomic E-state index is 0.0606. The highest BCUT2D eigenvalue weighted by Crippen LogP contribution is 2.28. The van der Waals surface area contributed by atoms with Crippen LogP contribution >= 0.6 is 12.6 Å². The highest BCUT2D eigenvalue weighted by Gasteiger charge is 2.36. The molecule has 0 aliphatic rings. The Hall–Kier alpha value is -3.00. The zero-order valence-corrected chi connectivity index (χ0v) is 27.5. The van der Waals surface area contributed by atoms with Crippen LogP contribution in [0.3, 0.4) is 0 Å². The number of carbonyl (C=O) groups is 3. The molecule has 42 heavy (non-hydrogen) atoms. The molecule has 8 heteroatoms. The summed E-state index contributed by atoms with van der Waals surface area (Å²) < 4.78 is 5.43. The van der Waals surface area contributed by atoms with E-state index in [9.17, 15) is 14.4 Å². The molecule has 2 atom stereocenters.